The second kappa shape index (κ2) is 14.8. The zero-order chi connectivity index (χ0) is 35.2. The first kappa shape index (κ1) is 37.7. The molecule has 0 saturated heterocycles. The summed E-state index contributed by atoms with van der Waals surface area (Å²) >= 11 is 0. The monoisotopic (exact) mass is 781 g/mol. The van der Waals surface area contributed by atoms with E-state index in [2.05, 4.69) is 0 Å². The van der Waals surface area contributed by atoms with E-state index in [1.54, 1.807) is 0 Å². The first-order chi connectivity index (χ1) is 22.6. The minimum Gasteiger partial charge on any atom is -0.545 e. The van der Waals surface area contributed by atoms with Crippen molar-refractivity contribution in [3.8, 4) is 0 Å². The van der Waals surface area contributed by atoms with Crippen LogP contribution < -0.4 is 21.1 Å². The average Bonchev–Trinajstić information content (AvgIpc) is 3.03. The van der Waals surface area contributed by atoms with E-state index in [4.69, 9.17) is 8.83 Å². The molecule has 6 aromatic rings. The maximum Gasteiger partial charge on any atom is 2.00 e. The number of hydrogen-bond acceptors (Lipinski definition) is 12. The third-order valence-electron chi connectivity index (χ3n) is 7.17. The summed E-state index contributed by atoms with van der Waals surface area (Å²) in [6.07, 6.45) is 5.75. The number of fused-ring (bicyclic) bond motifs is 4. The van der Waals surface area contributed by atoms with E-state index in [1.165, 1.54) is 85.7 Å². The van der Waals surface area contributed by atoms with E-state index in [-0.39, 0.29) is 81.9 Å². The minimum atomic E-state index is -1.46. The molecule has 0 amide bonds. The Kier molecular flexibility index (Phi) is 11.4. The van der Waals surface area contributed by atoms with Crippen LogP contribution in [-0.4, -0.2) is 53.8 Å². The van der Waals surface area contributed by atoms with Crippen molar-refractivity contribution in [1.82, 2.24) is 0 Å². The Labute approximate surface area is 296 Å². The van der Waals surface area contributed by atoms with Gasteiger partial charge in [0.25, 0.3) is 0 Å². The molecular weight excluding hydrogens is 760 g/mol. The maximum atomic E-state index is 12.7. The van der Waals surface area contributed by atoms with Gasteiger partial charge in [-0.3, -0.25) is 26.4 Å². The van der Waals surface area contributed by atoms with Gasteiger partial charge in [-0.25, -0.2) is 0 Å². The fraction of sp³-hybridized carbons (Fsp3) is 0.125. The molecule has 4 atom stereocenters. The van der Waals surface area contributed by atoms with Crippen LogP contribution in [-0.2, 0) is 60.3 Å². The summed E-state index contributed by atoms with van der Waals surface area (Å²) in [7, 11) is -5.70. The first-order valence-electron chi connectivity index (χ1n) is 13.4. The largest absolute Gasteiger partial charge is 2.00 e. The molecule has 0 N–H and O–H groups in total. The summed E-state index contributed by atoms with van der Waals surface area (Å²) in [6.45, 7) is 0. The predicted octanol–water partition coefficient (Wildman–Crippen LogP) is 1.57. The van der Waals surface area contributed by atoms with Crippen LogP contribution in [0.2, 0.25) is 0 Å². The first-order valence-corrected chi connectivity index (χ1v) is 19.7. The third kappa shape index (κ3) is 7.41. The normalized spacial score (nSPS) is 13.6. The topological polar surface area (TPSA) is 209 Å². The number of carbonyl (C=O) groups excluding carboxylic acids is 2. The quantitative estimate of drug-likeness (QED) is 0.174. The third-order valence-corrected chi connectivity index (χ3v) is 10.8. The number of carboxylic acid groups (broad SMARTS) is 2. The van der Waals surface area contributed by atoms with Crippen LogP contribution in [0, 0.1) is 0 Å². The van der Waals surface area contributed by atoms with E-state index < -0.39 is 66.0 Å². The van der Waals surface area contributed by atoms with E-state index in [0.29, 0.717) is 9.79 Å². The molecule has 12 nitrogen and oxygen atoms in total. The molecule has 4 unspecified atom stereocenters. The molecule has 0 fully saturated rings. The van der Waals surface area contributed by atoms with Gasteiger partial charge in [0.1, 0.15) is 11.2 Å². The van der Waals surface area contributed by atoms with Crippen LogP contribution in [0.1, 0.15) is 20.7 Å². The molecule has 0 spiro atoms. The summed E-state index contributed by atoms with van der Waals surface area (Å²) in [6, 6.07) is 13.4. The van der Waals surface area contributed by atoms with Crippen molar-refractivity contribution in [2.45, 2.75) is 19.6 Å². The molecule has 4 aromatic carbocycles. The van der Waals surface area contributed by atoms with Crippen LogP contribution in [0.5, 0.6) is 0 Å². The fourth-order valence-electron chi connectivity index (χ4n) is 4.82. The van der Waals surface area contributed by atoms with E-state index in [0.717, 1.165) is 0 Å². The predicted molar refractivity (Wildman–Crippen MR) is 178 cm³/mol. The zero-order valence-electron chi connectivity index (χ0n) is 25.7. The van der Waals surface area contributed by atoms with Gasteiger partial charge in [0.15, 0.2) is 11.2 Å². The summed E-state index contributed by atoms with van der Waals surface area (Å²) < 4.78 is 58.9. The molecule has 0 bridgehead atoms. The molecule has 253 valence electrons. The minimum absolute atomic E-state index is 0. The maximum absolute atomic E-state index is 12.7. The summed E-state index contributed by atoms with van der Waals surface area (Å²) in [5, 5.41) is 22.3. The smallest absolute Gasteiger partial charge is 0.545 e. The second-order valence-electron chi connectivity index (χ2n) is 10.3. The SMILES string of the molecule is CS(=O)c1cc(S(C)=O)c2oc3ccc(C(=O)[O-])cc3c(=O)c2c1.CS(=O)c1cc(S(C)=O)c2oc3ccc(C(=O)[O-])cc3c(=O)c2c1.[Mn+2]. The van der Waals surface area contributed by atoms with Crippen molar-refractivity contribution in [3.63, 3.8) is 0 Å². The van der Waals surface area contributed by atoms with E-state index in [9.17, 15) is 46.2 Å². The van der Waals surface area contributed by atoms with Gasteiger partial charge in [0, 0.05) is 56.4 Å². The van der Waals surface area contributed by atoms with Gasteiger partial charge in [-0.15, -0.1) is 0 Å². The number of carboxylic acids is 2. The Morgan fingerprint density at radius 3 is 1.16 bits per heavy atom. The molecule has 0 aliphatic carbocycles. The molecule has 0 aliphatic heterocycles. The Morgan fingerprint density at radius 2 is 0.878 bits per heavy atom. The number of benzene rings is 4. The van der Waals surface area contributed by atoms with Gasteiger partial charge in [-0.1, -0.05) is 0 Å². The molecule has 6 rings (SSSR count). The Morgan fingerprint density at radius 1 is 0.531 bits per heavy atom. The van der Waals surface area contributed by atoms with Crippen LogP contribution in [0.3, 0.4) is 0 Å². The molecule has 17 heteroatoms. The standard InChI is InChI=1S/2C16H12O6S2.Mn/c2*1-23(20)9-6-11-14(17)10-5-8(16(18)19)3-4-12(10)22-15(11)13(7-9)24(2)21;/h2*3-7H,1-2H3,(H,18,19);/q;;+2/p-2. The second-order valence-corrected chi connectivity index (χ2v) is 15.7. The average molecular weight is 782 g/mol. The van der Waals surface area contributed by atoms with Crippen LogP contribution in [0.15, 0.2) is 98.7 Å². The molecule has 49 heavy (non-hydrogen) atoms. The number of carbonyl (C=O) groups is 2. The summed E-state index contributed by atoms with van der Waals surface area (Å²) in [5.74, 6) is -2.81. The molecule has 2 heterocycles. The van der Waals surface area contributed by atoms with E-state index in [1.807, 2.05) is 0 Å². The van der Waals surface area contributed by atoms with Crippen molar-refractivity contribution < 1.29 is 62.5 Å². The van der Waals surface area contributed by atoms with Gasteiger partial charge in [-0.05, 0) is 71.8 Å². The molecule has 0 aliphatic rings. The van der Waals surface area contributed by atoms with Gasteiger partial charge in [0.2, 0.25) is 10.9 Å². The molecular formula is C32H22MnO12S4. The fourth-order valence-corrected chi connectivity index (χ4v) is 7.51. The van der Waals surface area contributed by atoms with Crippen LogP contribution in [0.25, 0.3) is 43.9 Å². The number of aromatic carboxylic acids is 2. The van der Waals surface area contributed by atoms with E-state index >= 15 is 0 Å². The van der Waals surface area contributed by atoms with Gasteiger partial charge < -0.3 is 28.6 Å². The summed E-state index contributed by atoms with van der Waals surface area (Å²) in [5.41, 5.74) is -0.620. The molecule has 0 saturated carbocycles. The van der Waals surface area contributed by atoms with Crippen LogP contribution >= 0.6 is 0 Å². The van der Waals surface area contributed by atoms with Crippen molar-refractivity contribution in [1.29, 1.82) is 0 Å². The van der Waals surface area contributed by atoms with Crippen molar-refractivity contribution in [2.24, 2.45) is 0 Å². The van der Waals surface area contributed by atoms with Gasteiger partial charge >= 0.3 is 17.1 Å². The Hall–Kier alpha value is -4.12. The van der Waals surface area contributed by atoms with Gasteiger partial charge in [0.05, 0.1) is 64.9 Å². The zero-order valence-corrected chi connectivity index (χ0v) is 30.1. The summed E-state index contributed by atoms with van der Waals surface area (Å²) in [4.78, 5) is 48.7. The number of hydrogen-bond donors (Lipinski definition) is 0. The van der Waals surface area contributed by atoms with Crippen molar-refractivity contribution in [2.75, 3.05) is 25.0 Å². The Balaban J connectivity index is 0.000000216. The molecule has 1 radical (unpaired) electrons. The van der Waals surface area contributed by atoms with Crippen molar-refractivity contribution >= 4 is 99.0 Å². The number of rotatable bonds is 6. The molecule has 2 aromatic heterocycles. The Bertz CT molecular complexity index is 2410. The van der Waals surface area contributed by atoms with Crippen LogP contribution in [0.4, 0.5) is 0 Å². The van der Waals surface area contributed by atoms with Crippen molar-refractivity contribution in [3.05, 3.63) is 92.2 Å². The van der Waals surface area contributed by atoms with Gasteiger partial charge in [-0.2, -0.15) is 0 Å².